The Hall–Kier alpha value is -1.46. The number of hydrogen-bond donors (Lipinski definition) is 1. The van der Waals surface area contributed by atoms with Crippen molar-refractivity contribution in [3.63, 3.8) is 0 Å². The summed E-state index contributed by atoms with van der Waals surface area (Å²) in [6, 6.07) is 8.07. The molecule has 0 saturated carbocycles. The summed E-state index contributed by atoms with van der Waals surface area (Å²) in [6.07, 6.45) is 10.4. The molecular weight excluding hydrogens is 258 g/mol. The van der Waals surface area contributed by atoms with Gasteiger partial charge in [0.1, 0.15) is 12.4 Å². The molecule has 0 heterocycles. The van der Waals surface area contributed by atoms with E-state index >= 15 is 0 Å². The van der Waals surface area contributed by atoms with Crippen LogP contribution in [0.5, 0.6) is 5.75 Å². The van der Waals surface area contributed by atoms with Crippen molar-refractivity contribution >= 4 is 0 Å². The minimum absolute atomic E-state index is 0.319. The van der Waals surface area contributed by atoms with Gasteiger partial charge >= 0.3 is 0 Å². The average Bonchev–Trinajstić information content (AvgIpc) is 2.46. The van der Waals surface area contributed by atoms with Crippen molar-refractivity contribution in [1.82, 2.24) is 5.32 Å². The van der Waals surface area contributed by atoms with Crippen LogP contribution in [-0.2, 0) is 6.54 Å². The molecule has 0 saturated heterocycles. The van der Waals surface area contributed by atoms with Gasteiger partial charge in [-0.2, -0.15) is 0 Å². The zero-order chi connectivity index (χ0) is 15.6. The van der Waals surface area contributed by atoms with E-state index in [2.05, 4.69) is 38.1 Å². The van der Waals surface area contributed by atoms with Gasteiger partial charge in [0, 0.05) is 18.7 Å². The molecule has 0 fully saturated rings. The van der Waals surface area contributed by atoms with Crippen molar-refractivity contribution in [2.24, 2.45) is 5.41 Å². The molecule has 116 valence electrons. The predicted molar refractivity (Wildman–Crippen MR) is 90.4 cm³/mol. The molecule has 0 unspecified atom stereocenters. The van der Waals surface area contributed by atoms with Gasteiger partial charge in [0.25, 0.3) is 0 Å². The molecule has 0 aliphatic heterocycles. The molecule has 0 radical (unpaired) electrons. The monoisotopic (exact) mass is 287 g/mol. The Balaban J connectivity index is 2.43. The molecular formula is C19H29NO. The van der Waals surface area contributed by atoms with Gasteiger partial charge in [-0.1, -0.05) is 64.2 Å². The van der Waals surface area contributed by atoms with Crippen LogP contribution in [0.2, 0.25) is 0 Å². The van der Waals surface area contributed by atoms with E-state index in [0.717, 1.165) is 24.4 Å². The number of rotatable bonds is 10. The molecule has 0 spiro atoms. The van der Waals surface area contributed by atoms with Crippen molar-refractivity contribution < 1.29 is 4.74 Å². The van der Waals surface area contributed by atoms with Gasteiger partial charge in [-0.3, -0.25) is 0 Å². The average molecular weight is 287 g/mol. The Morgan fingerprint density at radius 2 is 2.00 bits per heavy atom. The molecule has 2 nitrogen and oxygen atoms in total. The van der Waals surface area contributed by atoms with E-state index in [9.17, 15) is 0 Å². The van der Waals surface area contributed by atoms with Gasteiger partial charge in [0.2, 0.25) is 0 Å². The van der Waals surface area contributed by atoms with Gasteiger partial charge in [-0.15, -0.1) is 6.42 Å². The van der Waals surface area contributed by atoms with E-state index in [1.54, 1.807) is 0 Å². The van der Waals surface area contributed by atoms with Crippen LogP contribution >= 0.6 is 0 Å². The number of nitrogens with one attached hydrogen (secondary N) is 1. The topological polar surface area (TPSA) is 21.3 Å². The van der Waals surface area contributed by atoms with Crippen LogP contribution in [0, 0.1) is 17.8 Å². The van der Waals surface area contributed by atoms with Gasteiger partial charge in [-0.25, -0.2) is 0 Å². The van der Waals surface area contributed by atoms with Crippen molar-refractivity contribution in [2.75, 3.05) is 13.2 Å². The van der Waals surface area contributed by atoms with Crippen LogP contribution in [0.25, 0.3) is 0 Å². The van der Waals surface area contributed by atoms with Crippen molar-refractivity contribution in [3.8, 4) is 18.1 Å². The molecule has 1 aromatic carbocycles. The quantitative estimate of drug-likeness (QED) is 0.509. The van der Waals surface area contributed by atoms with E-state index in [1.165, 1.54) is 25.7 Å². The van der Waals surface area contributed by atoms with E-state index < -0.39 is 0 Å². The Labute approximate surface area is 130 Å². The lowest BCUT2D eigenvalue weighted by molar-refractivity contribution is 0.300. The third kappa shape index (κ3) is 7.20. The summed E-state index contributed by atoms with van der Waals surface area (Å²) in [6.45, 7) is 9.06. The zero-order valence-corrected chi connectivity index (χ0v) is 13.7. The maximum Gasteiger partial charge on any atom is 0.148 e. The molecule has 21 heavy (non-hydrogen) atoms. The summed E-state index contributed by atoms with van der Waals surface area (Å²) in [5, 5.41) is 3.55. The molecule has 0 aliphatic rings. The lowest BCUT2D eigenvalue weighted by Crippen LogP contribution is -2.29. The van der Waals surface area contributed by atoms with Gasteiger partial charge < -0.3 is 10.1 Å². The Kier molecular flexibility index (Phi) is 7.93. The highest BCUT2D eigenvalue weighted by Gasteiger charge is 2.16. The number of ether oxygens (including phenoxy) is 1. The standard InChI is InChI=1S/C19H29NO/c1-5-7-10-13-19(3,4)16-20-15-17-11-8-9-12-18(17)21-14-6-2/h2,8-9,11-12,20H,5,7,10,13-16H2,1,3-4H3. The molecule has 1 aromatic rings. The van der Waals surface area contributed by atoms with Gasteiger partial charge in [0.05, 0.1) is 0 Å². The second-order valence-corrected chi connectivity index (χ2v) is 6.33. The molecule has 1 N–H and O–H groups in total. The van der Waals surface area contributed by atoms with Crippen LogP contribution in [0.15, 0.2) is 24.3 Å². The Morgan fingerprint density at radius 1 is 1.24 bits per heavy atom. The second kappa shape index (κ2) is 9.47. The summed E-state index contributed by atoms with van der Waals surface area (Å²) >= 11 is 0. The highest BCUT2D eigenvalue weighted by atomic mass is 16.5. The van der Waals surface area contributed by atoms with E-state index in [4.69, 9.17) is 11.2 Å². The minimum Gasteiger partial charge on any atom is -0.481 e. The van der Waals surface area contributed by atoms with Crippen molar-refractivity contribution in [1.29, 1.82) is 0 Å². The maximum atomic E-state index is 5.57. The predicted octanol–water partition coefficient (Wildman–Crippen LogP) is 4.39. The SMILES string of the molecule is C#CCOc1ccccc1CNCC(C)(C)CCCCC. The van der Waals surface area contributed by atoms with Crippen molar-refractivity contribution in [2.45, 2.75) is 53.0 Å². The largest absolute Gasteiger partial charge is 0.481 e. The molecule has 0 bridgehead atoms. The smallest absolute Gasteiger partial charge is 0.148 e. The second-order valence-electron chi connectivity index (χ2n) is 6.33. The first-order valence-electron chi connectivity index (χ1n) is 7.94. The van der Waals surface area contributed by atoms with Gasteiger partial charge in [-0.05, 0) is 17.9 Å². The van der Waals surface area contributed by atoms with Crippen LogP contribution < -0.4 is 10.1 Å². The minimum atomic E-state index is 0.319. The Bertz CT molecular complexity index is 445. The Morgan fingerprint density at radius 3 is 2.71 bits per heavy atom. The first kappa shape index (κ1) is 17.6. The summed E-state index contributed by atoms with van der Waals surface area (Å²) in [5.74, 6) is 3.39. The first-order chi connectivity index (χ1) is 10.1. The number of para-hydroxylation sites is 1. The van der Waals surface area contributed by atoms with Crippen molar-refractivity contribution in [3.05, 3.63) is 29.8 Å². The van der Waals surface area contributed by atoms with Crippen LogP contribution in [0.3, 0.4) is 0 Å². The highest BCUT2D eigenvalue weighted by molar-refractivity contribution is 5.33. The zero-order valence-electron chi connectivity index (χ0n) is 13.7. The van der Waals surface area contributed by atoms with Crippen LogP contribution in [0.1, 0.15) is 52.0 Å². The van der Waals surface area contributed by atoms with Crippen LogP contribution in [0.4, 0.5) is 0 Å². The third-order valence-electron chi connectivity index (χ3n) is 3.66. The third-order valence-corrected chi connectivity index (χ3v) is 3.66. The van der Waals surface area contributed by atoms with E-state index in [1.807, 2.05) is 18.2 Å². The molecule has 2 heteroatoms. The van der Waals surface area contributed by atoms with Gasteiger partial charge in [0.15, 0.2) is 0 Å². The fourth-order valence-corrected chi connectivity index (χ4v) is 2.39. The molecule has 0 aliphatic carbocycles. The maximum absolute atomic E-state index is 5.57. The summed E-state index contributed by atoms with van der Waals surface area (Å²) < 4.78 is 5.57. The molecule has 0 aromatic heterocycles. The first-order valence-corrected chi connectivity index (χ1v) is 7.94. The lowest BCUT2D eigenvalue weighted by atomic mass is 9.87. The fraction of sp³-hybridized carbons (Fsp3) is 0.579. The summed E-state index contributed by atoms with van der Waals surface area (Å²) in [4.78, 5) is 0. The van der Waals surface area contributed by atoms with E-state index in [-0.39, 0.29) is 0 Å². The number of terminal acetylenes is 1. The molecule has 0 amide bonds. The number of unbranched alkanes of at least 4 members (excludes halogenated alkanes) is 2. The lowest BCUT2D eigenvalue weighted by Gasteiger charge is -2.25. The van der Waals surface area contributed by atoms with Crippen LogP contribution in [-0.4, -0.2) is 13.2 Å². The molecule has 1 rings (SSSR count). The van der Waals surface area contributed by atoms with E-state index in [0.29, 0.717) is 12.0 Å². The molecule has 0 atom stereocenters. The highest BCUT2D eigenvalue weighted by Crippen LogP contribution is 2.23. The summed E-state index contributed by atoms with van der Waals surface area (Å²) in [7, 11) is 0. The number of benzene rings is 1. The number of hydrogen-bond acceptors (Lipinski definition) is 2. The summed E-state index contributed by atoms with van der Waals surface area (Å²) in [5.41, 5.74) is 1.50. The normalized spacial score (nSPS) is 11.1. The fourth-order valence-electron chi connectivity index (χ4n) is 2.39.